The lowest BCUT2D eigenvalue weighted by atomic mass is 10.1. The van der Waals surface area contributed by atoms with Crippen LogP contribution in [0.5, 0.6) is 0 Å². The van der Waals surface area contributed by atoms with Crippen LogP contribution in [-0.2, 0) is 9.53 Å². The number of esters is 1. The number of methoxy groups -OCH3 is 1. The molecule has 0 aromatic rings. The van der Waals surface area contributed by atoms with Gasteiger partial charge in [0.1, 0.15) is 0 Å². The molecule has 2 rings (SSSR count). The Labute approximate surface area is 75.0 Å². The van der Waals surface area contributed by atoms with Crippen molar-refractivity contribution in [2.24, 2.45) is 5.41 Å². The van der Waals surface area contributed by atoms with Crippen molar-refractivity contribution in [3.05, 3.63) is 0 Å². The summed E-state index contributed by atoms with van der Waals surface area (Å²) in [6.07, 6.45) is 2.85. The number of carbonyl (C=O) groups is 1. The molecule has 1 saturated carbocycles. The molecular weight excluding hydrogens is 154 g/mol. The highest BCUT2D eigenvalue weighted by atomic mass is 16.5. The number of rotatable bonds is 0. The zero-order valence-electron chi connectivity index (χ0n) is 8.02. The van der Waals surface area contributed by atoms with Crippen molar-refractivity contribution in [3.8, 4) is 0 Å². The number of ether oxygens (including phenoxy) is 1. The highest BCUT2D eigenvalue weighted by Gasteiger charge is 2.52. The van der Waals surface area contributed by atoms with Gasteiger partial charge in [0.2, 0.25) is 0 Å². The maximum atomic E-state index is 9.59. The van der Waals surface area contributed by atoms with Crippen molar-refractivity contribution in [1.82, 2.24) is 5.32 Å². The van der Waals surface area contributed by atoms with Gasteiger partial charge in [-0.1, -0.05) is 6.92 Å². The van der Waals surface area contributed by atoms with Gasteiger partial charge in [-0.15, -0.1) is 0 Å². The maximum Gasteiger partial charge on any atom is 0.302 e. The van der Waals surface area contributed by atoms with Gasteiger partial charge in [-0.2, -0.15) is 0 Å². The summed E-state index contributed by atoms with van der Waals surface area (Å²) in [5.74, 6) is -0.245. The molecule has 2 unspecified atom stereocenters. The average molecular weight is 173 g/mol. The van der Waals surface area contributed by atoms with Crippen LogP contribution in [0.25, 0.3) is 0 Å². The van der Waals surface area contributed by atoms with Gasteiger partial charge in [0.05, 0.1) is 7.11 Å². The Morgan fingerprint density at radius 2 is 2.33 bits per heavy atom. The summed E-state index contributed by atoms with van der Waals surface area (Å²) in [4.78, 5) is 9.59. The predicted octanol–water partition coefficient (Wildman–Crippen LogP) is 1.18. The second kappa shape index (κ2) is 3.44. The molecule has 3 nitrogen and oxygen atoms in total. The Hall–Kier alpha value is -0.570. The molecule has 72 valence electrons. The molecule has 0 aromatic heterocycles. The van der Waals surface area contributed by atoms with Crippen molar-refractivity contribution >= 4 is 5.97 Å². The number of carbonyl (C=O) groups excluding carboxylic acids is 1. The molecule has 2 aliphatic rings. The smallest absolute Gasteiger partial charge is 0.302 e. The summed E-state index contributed by atoms with van der Waals surface area (Å²) in [5.41, 5.74) is 0.750. The molecule has 1 aliphatic heterocycles. The van der Waals surface area contributed by atoms with Crippen LogP contribution in [0.4, 0.5) is 0 Å². The van der Waals surface area contributed by atoms with Crippen LogP contribution in [0.2, 0.25) is 0 Å². The largest absolute Gasteiger partial charge is 0.469 e. The molecule has 0 spiro atoms. The second-order valence-corrected chi connectivity index (χ2v) is 3.81. The first kappa shape index (κ1) is 9.52. The Morgan fingerprint density at radius 3 is 2.42 bits per heavy atom. The van der Waals surface area contributed by atoms with Gasteiger partial charge in [-0.3, -0.25) is 4.79 Å². The Morgan fingerprint density at radius 1 is 1.75 bits per heavy atom. The van der Waals surface area contributed by atoms with Gasteiger partial charge in [0.15, 0.2) is 0 Å². The molecule has 1 N–H and O–H groups in total. The molecule has 0 bridgehead atoms. The Bertz CT molecular complexity index is 184. The molecular formula is C9H19NO2. The van der Waals surface area contributed by atoms with E-state index in [9.17, 15) is 4.79 Å². The van der Waals surface area contributed by atoms with Gasteiger partial charge in [0.25, 0.3) is 0 Å². The third kappa shape index (κ3) is 2.21. The number of nitrogens with one attached hydrogen (secondary N) is 1. The highest BCUT2D eigenvalue weighted by molar-refractivity contribution is 5.65. The van der Waals surface area contributed by atoms with E-state index in [4.69, 9.17) is 0 Å². The van der Waals surface area contributed by atoms with E-state index in [1.807, 2.05) is 0 Å². The topological polar surface area (TPSA) is 38.3 Å². The fraction of sp³-hybridized carbons (Fsp3) is 0.889. The molecule has 2 fully saturated rings. The highest BCUT2D eigenvalue weighted by Crippen LogP contribution is 2.51. The van der Waals surface area contributed by atoms with Crippen LogP contribution < -0.4 is 5.32 Å². The predicted molar refractivity (Wildman–Crippen MR) is 48.9 cm³/mol. The lowest BCUT2D eigenvalue weighted by Gasteiger charge is -1.95. The zero-order valence-corrected chi connectivity index (χ0v) is 8.02. The average Bonchev–Trinajstić information content (AvgIpc) is 2.52. The Balaban J connectivity index is 0.000000220. The minimum atomic E-state index is -0.245. The summed E-state index contributed by atoms with van der Waals surface area (Å²) >= 11 is 0. The number of hydrogen-bond acceptors (Lipinski definition) is 3. The lowest BCUT2D eigenvalue weighted by molar-refractivity contribution is -0.137. The standard InChI is InChI=1S/C6H11N.C3H6O2.H2/c1-6-2-3-7-5(6)4-6;1-3(4)5-2;/h5,7H,2-4H2,1H3;1-2H3;1H. The summed E-state index contributed by atoms with van der Waals surface area (Å²) in [6.45, 7) is 5.00. The molecule has 3 heteroatoms. The van der Waals surface area contributed by atoms with Crippen LogP contribution >= 0.6 is 0 Å². The van der Waals surface area contributed by atoms with E-state index in [2.05, 4.69) is 17.0 Å². The van der Waals surface area contributed by atoms with Gasteiger partial charge in [-0.25, -0.2) is 0 Å². The van der Waals surface area contributed by atoms with Crippen LogP contribution in [0, 0.1) is 5.41 Å². The SMILES string of the molecule is CC12CCNC1C2.COC(C)=O.[HH]. The van der Waals surface area contributed by atoms with E-state index < -0.39 is 0 Å². The van der Waals surface area contributed by atoms with Crippen molar-refractivity contribution in [3.63, 3.8) is 0 Å². The van der Waals surface area contributed by atoms with E-state index in [-0.39, 0.29) is 7.40 Å². The maximum absolute atomic E-state index is 9.59. The van der Waals surface area contributed by atoms with Crippen LogP contribution in [0.3, 0.4) is 0 Å². The van der Waals surface area contributed by atoms with Crippen molar-refractivity contribution in [2.75, 3.05) is 13.7 Å². The van der Waals surface area contributed by atoms with Crippen molar-refractivity contribution in [2.45, 2.75) is 32.7 Å². The number of fused-ring (bicyclic) bond motifs is 1. The fourth-order valence-electron chi connectivity index (χ4n) is 1.53. The third-order valence-corrected chi connectivity index (χ3v) is 2.73. The molecule has 2 atom stereocenters. The van der Waals surface area contributed by atoms with Crippen LogP contribution in [-0.4, -0.2) is 25.7 Å². The molecule has 0 aromatic carbocycles. The third-order valence-electron chi connectivity index (χ3n) is 2.73. The summed E-state index contributed by atoms with van der Waals surface area (Å²) in [6, 6.07) is 0.910. The first-order valence-electron chi connectivity index (χ1n) is 4.36. The minimum absolute atomic E-state index is 0. The quantitative estimate of drug-likeness (QED) is 0.559. The fourth-order valence-corrected chi connectivity index (χ4v) is 1.53. The zero-order chi connectivity index (χ0) is 9.19. The first-order chi connectivity index (χ1) is 5.58. The summed E-state index contributed by atoms with van der Waals surface area (Å²) in [5, 5.41) is 3.43. The summed E-state index contributed by atoms with van der Waals surface area (Å²) < 4.78 is 4.11. The molecule has 0 radical (unpaired) electrons. The number of hydrogen-bond donors (Lipinski definition) is 1. The molecule has 1 saturated heterocycles. The molecule has 1 heterocycles. The lowest BCUT2D eigenvalue weighted by Crippen LogP contribution is -2.10. The van der Waals surface area contributed by atoms with Gasteiger partial charge >= 0.3 is 5.97 Å². The molecule has 0 amide bonds. The molecule has 12 heavy (non-hydrogen) atoms. The van der Waals surface area contributed by atoms with Gasteiger partial charge < -0.3 is 10.1 Å². The van der Waals surface area contributed by atoms with E-state index >= 15 is 0 Å². The van der Waals surface area contributed by atoms with Crippen molar-refractivity contribution < 1.29 is 11.0 Å². The van der Waals surface area contributed by atoms with Gasteiger partial charge in [-0.05, 0) is 24.8 Å². The van der Waals surface area contributed by atoms with Gasteiger partial charge in [0, 0.05) is 14.4 Å². The van der Waals surface area contributed by atoms with Crippen LogP contribution in [0.1, 0.15) is 28.1 Å². The monoisotopic (exact) mass is 173 g/mol. The van der Waals surface area contributed by atoms with E-state index in [0.29, 0.717) is 0 Å². The second-order valence-electron chi connectivity index (χ2n) is 3.81. The van der Waals surface area contributed by atoms with E-state index in [1.54, 1.807) is 0 Å². The van der Waals surface area contributed by atoms with E-state index in [1.165, 1.54) is 33.4 Å². The molecule has 1 aliphatic carbocycles. The minimum Gasteiger partial charge on any atom is -0.469 e. The van der Waals surface area contributed by atoms with Crippen LogP contribution in [0.15, 0.2) is 0 Å². The van der Waals surface area contributed by atoms with Crippen molar-refractivity contribution in [1.29, 1.82) is 0 Å². The normalized spacial score (nSPS) is 36.1. The first-order valence-corrected chi connectivity index (χ1v) is 4.36. The Kier molecular flexibility index (Phi) is 2.73. The van der Waals surface area contributed by atoms with E-state index in [0.717, 1.165) is 11.5 Å². The summed E-state index contributed by atoms with van der Waals surface area (Å²) in [7, 11) is 1.35. The number of piperidine rings is 1.